The molecule has 1 aromatic carbocycles. The van der Waals surface area contributed by atoms with Crippen molar-refractivity contribution in [2.75, 3.05) is 33.0 Å². The summed E-state index contributed by atoms with van der Waals surface area (Å²) in [5, 5.41) is 0. The highest BCUT2D eigenvalue weighted by molar-refractivity contribution is 5.32. The molecule has 0 unspecified atom stereocenters. The summed E-state index contributed by atoms with van der Waals surface area (Å²) in [4.78, 5) is 0. The Balaban J connectivity index is 2.13. The fraction of sp³-hybridized carbons (Fsp3) is 0.571. The standard InChI is InChI=1S/C14H23NO3/c1-2-17-13-6-3-7-14(12-13)18-11-5-10-16-9-4-8-15/h3,6-7,12H,2,4-5,8-11,15H2,1H3. The lowest BCUT2D eigenvalue weighted by molar-refractivity contribution is 0.118. The lowest BCUT2D eigenvalue weighted by Crippen LogP contribution is -2.07. The lowest BCUT2D eigenvalue weighted by atomic mass is 10.3. The number of hydrogen-bond donors (Lipinski definition) is 1. The van der Waals surface area contributed by atoms with E-state index in [-0.39, 0.29) is 0 Å². The molecule has 102 valence electrons. The monoisotopic (exact) mass is 253 g/mol. The Hall–Kier alpha value is -1.26. The van der Waals surface area contributed by atoms with Crippen molar-refractivity contribution < 1.29 is 14.2 Å². The molecule has 1 rings (SSSR count). The van der Waals surface area contributed by atoms with E-state index in [1.807, 2.05) is 31.2 Å². The zero-order valence-electron chi connectivity index (χ0n) is 11.1. The molecule has 0 radical (unpaired) electrons. The number of ether oxygens (including phenoxy) is 3. The normalized spacial score (nSPS) is 10.3. The van der Waals surface area contributed by atoms with Gasteiger partial charge >= 0.3 is 0 Å². The van der Waals surface area contributed by atoms with E-state index in [0.717, 1.165) is 30.9 Å². The molecular weight excluding hydrogens is 230 g/mol. The SMILES string of the molecule is CCOc1cccc(OCCCOCCCN)c1. The first-order chi connectivity index (χ1) is 8.86. The second kappa shape index (κ2) is 9.74. The van der Waals surface area contributed by atoms with E-state index >= 15 is 0 Å². The molecule has 0 aliphatic rings. The highest BCUT2D eigenvalue weighted by Crippen LogP contribution is 2.19. The van der Waals surface area contributed by atoms with Crippen molar-refractivity contribution in [1.82, 2.24) is 0 Å². The summed E-state index contributed by atoms with van der Waals surface area (Å²) in [5.74, 6) is 1.68. The molecule has 18 heavy (non-hydrogen) atoms. The Morgan fingerprint density at radius 3 is 2.44 bits per heavy atom. The van der Waals surface area contributed by atoms with Crippen LogP contribution >= 0.6 is 0 Å². The van der Waals surface area contributed by atoms with Crippen molar-refractivity contribution in [3.8, 4) is 11.5 Å². The smallest absolute Gasteiger partial charge is 0.122 e. The summed E-state index contributed by atoms with van der Waals surface area (Å²) < 4.78 is 16.4. The second-order valence-electron chi connectivity index (χ2n) is 3.86. The van der Waals surface area contributed by atoms with Crippen LogP contribution in [-0.2, 0) is 4.74 Å². The highest BCUT2D eigenvalue weighted by Gasteiger charge is 1.97. The highest BCUT2D eigenvalue weighted by atomic mass is 16.5. The first kappa shape index (κ1) is 14.8. The number of rotatable bonds is 10. The van der Waals surface area contributed by atoms with Crippen LogP contribution in [0, 0.1) is 0 Å². The van der Waals surface area contributed by atoms with Gasteiger partial charge in [-0.25, -0.2) is 0 Å². The number of benzene rings is 1. The quantitative estimate of drug-likeness (QED) is 0.650. The summed E-state index contributed by atoms with van der Waals surface area (Å²) in [6.45, 7) is 5.41. The van der Waals surface area contributed by atoms with Crippen molar-refractivity contribution in [3.05, 3.63) is 24.3 Å². The molecule has 0 heterocycles. The Labute approximate surface area is 109 Å². The van der Waals surface area contributed by atoms with E-state index in [1.165, 1.54) is 0 Å². The van der Waals surface area contributed by atoms with E-state index < -0.39 is 0 Å². The fourth-order valence-corrected chi connectivity index (χ4v) is 1.46. The van der Waals surface area contributed by atoms with E-state index in [0.29, 0.717) is 26.4 Å². The van der Waals surface area contributed by atoms with Gasteiger partial charge in [0.2, 0.25) is 0 Å². The Kier molecular flexibility index (Phi) is 8.01. The van der Waals surface area contributed by atoms with Crippen LogP contribution in [0.15, 0.2) is 24.3 Å². The van der Waals surface area contributed by atoms with Gasteiger partial charge in [0.15, 0.2) is 0 Å². The first-order valence-corrected chi connectivity index (χ1v) is 6.50. The van der Waals surface area contributed by atoms with Crippen molar-refractivity contribution >= 4 is 0 Å². The van der Waals surface area contributed by atoms with Crippen LogP contribution in [0.3, 0.4) is 0 Å². The van der Waals surface area contributed by atoms with Crippen LogP contribution in [0.2, 0.25) is 0 Å². The molecule has 4 nitrogen and oxygen atoms in total. The minimum absolute atomic E-state index is 0.651. The second-order valence-corrected chi connectivity index (χ2v) is 3.86. The van der Waals surface area contributed by atoms with Gasteiger partial charge in [-0.1, -0.05) is 6.07 Å². The molecule has 0 amide bonds. The predicted octanol–water partition coefficient (Wildman–Crippen LogP) is 2.22. The van der Waals surface area contributed by atoms with Gasteiger partial charge in [0.1, 0.15) is 11.5 Å². The van der Waals surface area contributed by atoms with Gasteiger partial charge in [0.25, 0.3) is 0 Å². The summed E-state index contributed by atoms with van der Waals surface area (Å²) in [7, 11) is 0. The Morgan fingerprint density at radius 1 is 1.00 bits per heavy atom. The van der Waals surface area contributed by atoms with E-state index in [1.54, 1.807) is 0 Å². The topological polar surface area (TPSA) is 53.7 Å². The van der Waals surface area contributed by atoms with Crippen molar-refractivity contribution in [2.24, 2.45) is 5.73 Å². The Bertz CT molecular complexity index is 318. The van der Waals surface area contributed by atoms with E-state index in [4.69, 9.17) is 19.9 Å². The molecule has 2 N–H and O–H groups in total. The van der Waals surface area contributed by atoms with Gasteiger partial charge in [0, 0.05) is 25.7 Å². The van der Waals surface area contributed by atoms with Crippen LogP contribution in [0.1, 0.15) is 19.8 Å². The van der Waals surface area contributed by atoms with Crippen LogP contribution < -0.4 is 15.2 Å². The maximum atomic E-state index is 5.61. The third-order valence-corrected chi connectivity index (χ3v) is 2.31. The van der Waals surface area contributed by atoms with E-state index in [2.05, 4.69) is 0 Å². The third-order valence-electron chi connectivity index (χ3n) is 2.31. The molecule has 0 bridgehead atoms. The summed E-state index contributed by atoms with van der Waals surface area (Å²) in [6, 6.07) is 7.68. The summed E-state index contributed by atoms with van der Waals surface area (Å²) >= 11 is 0. The minimum Gasteiger partial charge on any atom is -0.494 e. The molecule has 0 saturated heterocycles. The van der Waals surface area contributed by atoms with Crippen LogP contribution in [0.25, 0.3) is 0 Å². The van der Waals surface area contributed by atoms with Crippen LogP contribution in [0.5, 0.6) is 11.5 Å². The molecule has 0 aromatic heterocycles. The summed E-state index contributed by atoms with van der Waals surface area (Å²) in [5.41, 5.74) is 5.37. The lowest BCUT2D eigenvalue weighted by Gasteiger charge is -2.08. The van der Waals surface area contributed by atoms with Crippen LogP contribution in [-0.4, -0.2) is 33.0 Å². The largest absolute Gasteiger partial charge is 0.494 e. The van der Waals surface area contributed by atoms with Gasteiger partial charge in [-0.15, -0.1) is 0 Å². The maximum Gasteiger partial charge on any atom is 0.122 e. The molecule has 0 saturated carbocycles. The predicted molar refractivity (Wildman–Crippen MR) is 72.2 cm³/mol. The third kappa shape index (κ3) is 6.47. The van der Waals surface area contributed by atoms with Gasteiger partial charge in [-0.05, 0) is 32.0 Å². The zero-order chi connectivity index (χ0) is 13.1. The average molecular weight is 253 g/mol. The average Bonchev–Trinajstić information content (AvgIpc) is 2.39. The molecule has 0 spiro atoms. The number of hydrogen-bond acceptors (Lipinski definition) is 4. The van der Waals surface area contributed by atoms with E-state index in [9.17, 15) is 0 Å². The van der Waals surface area contributed by atoms with Crippen LogP contribution in [0.4, 0.5) is 0 Å². The first-order valence-electron chi connectivity index (χ1n) is 6.50. The summed E-state index contributed by atoms with van der Waals surface area (Å²) in [6.07, 6.45) is 1.79. The van der Waals surface area contributed by atoms with Gasteiger partial charge < -0.3 is 19.9 Å². The van der Waals surface area contributed by atoms with Gasteiger partial charge in [-0.2, -0.15) is 0 Å². The molecular formula is C14H23NO3. The Morgan fingerprint density at radius 2 is 1.72 bits per heavy atom. The zero-order valence-corrected chi connectivity index (χ0v) is 11.1. The minimum atomic E-state index is 0.651. The molecule has 0 atom stereocenters. The molecule has 0 aliphatic heterocycles. The van der Waals surface area contributed by atoms with Crippen molar-refractivity contribution in [2.45, 2.75) is 19.8 Å². The maximum absolute atomic E-state index is 5.61. The fourth-order valence-electron chi connectivity index (χ4n) is 1.46. The molecule has 0 fully saturated rings. The van der Waals surface area contributed by atoms with Gasteiger partial charge in [-0.3, -0.25) is 0 Å². The van der Waals surface area contributed by atoms with Crippen molar-refractivity contribution in [3.63, 3.8) is 0 Å². The van der Waals surface area contributed by atoms with Gasteiger partial charge in [0.05, 0.1) is 13.2 Å². The molecule has 0 aliphatic carbocycles. The van der Waals surface area contributed by atoms with Crippen molar-refractivity contribution in [1.29, 1.82) is 0 Å². The number of nitrogens with two attached hydrogens (primary N) is 1. The molecule has 1 aromatic rings. The molecule has 4 heteroatoms.